The molecule has 0 bridgehead atoms. The van der Waals surface area contributed by atoms with E-state index in [9.17, 15) is 0 Å². The summed E-state index contributed by atoms with van der Waals surface area (Å²) in [6.07, 6.45) is 1.91. The van der Waals surface area contributed by atoms with E-state index in [0.29, 0.717) is 16.8 Å². The highest BCUT2D eigenvalue weighted by molar-refractivity contribution is 6.30. The van der Waals surface area contributed by atoms with Crippen LogP contribution < -0.4 is 0 Å². The van der Waals surface area contributed by atoms with Gasteiger partial charge < -0.3 is 4.42 Å². The fraction of sp³-hybridized carbons (Fsp3) is 0. The predicted octanol–water partition coefficient (Wildman–Crippen LogP) is 5.91. The Morgan fingerprint density at radius 3 is 2.07 bits per heavy atom. The van der Waals surface area contributed by atoms with E-state index >= 15 is 0 Å². The molecule has 0 saturated heterocycles. The number of aromatic nitrogens is 4. The van der Waals surface area contributed by atoms with Crippen molar-refractivity contribution >= 4 is 11.6 Å². The van der Waals surface area contributed by atoms with Gasteiger partial charge in [0, 0.05) is 22.3 Å². The molecule has 0 saturated carbocycles. The summed E-state index contributed by atoms with van der Waals surface area (Å²) in [6.45, 7) is 0. The number of para-hydroxylation sites is 1. The zero-order valence-electron chi connectivity index (χ0n) is 15.2. The van der Waals surface area contributed by atoms with Crippen molar-refractivity contribution in [2.24, 2.45) is 0 Å². The van der Waals surface area contributed by atoms with Gasteiger partial charge in [0.05, 0.1) is 11.3 Å². The molecule has 0 aliphatic heterocycles. The van der Waals surface area contributed by atoms with Gasteiger partial charge in [-0.1, -0.05) is 60.1 Å². The Balaban J connectivity index is 1.62. The molecule has 5 nitrogen and oxygen atoms in total. The number of nitrogens with zero attached hydrogens (tertiary/aromatic N) is 4. The zero-order valence-corrected chi connectivity index (χ0v) is 16.0. The van der Waals surface area contributed by atoms with E-state index in [1.807, 2.05) is 83.7 Å². The molecular weight excluding hydrogens is 384 g/mol. The van der Waals surface area contributed by atoms with Crippen LogP contribution >= 0.6 is 11.6 Å². The van der Waals surface area contributed by atoms with Crippen LogP contribution in [0.2, 0.25) is 5.02 Å². The molecule has 0 aliphatic rings. The summed E-state index contributed by atoms with van der Waals surface area (Å²) in [7, 11) is 0. The smallest absolute Gasteiger partial charge is 0.251 e. The number of rotatable bonds is 4. The average molecular weight is 399 g/mol. The van der Waals surface area contributed by atoms with Gasteiger partial charge >= 0.3 is 0 Å². The largest absolute Gasteiger partial charge is 0.416 e. The number of benzene rings is 3. The number of halogens is 1. The summed E-state index contributed by atoms with van der Waals surface area (Å²) in [5.74, 6) is 0.846. The van der Waals surface area contributed by atoms with E-state index in [4.69, 9.17) is 21.1 Å². The first kappa shape index (κ1) is 17.4. The lowest BCUT2D eigenvalue weighted by molar-refractivity contribution is 0.585. The third-order valence-electron chi connectivity index (χ3n) is 4.53. The molecule has 2 heterocycles. The minimum absolute atomic E-state index is 0.413. The Bertz CT molecular complexity index is 1250. The van der Waals surface area contributed by atoms with Gasteiger partial charge in [-0.2, -0.15) is 5.10 Å². The summed E-state index contributed by atoms with van der Waals surface area (Å²) in [6, 6.07) is 27.2. The summed E-state index contributed by atoms with van der Waals surface area (Å²) in [5.41, 5.74) is 4.29. The number of hydrogen-bond acceptors (Lipinski definition) is 4. The van der Waals surface area contributed by atoms with Gasteiger partial charge in [-0.25, -0.2) is 4.68 Å². The highest BCUT2D eigenvalue weighted by Crippen LogP contribution is 2.33. The first-order valence-electron chi connectivity index (χ1n) is 9.08. The molecule has 0 spiro atoms. The van der Waals surface area contributed by atoms with Gasteiger partial charge in [0.15, 0.2) is 0 Å². The van der Waals surface area contributed by atoms with Gasteiger partial charge in [-0.05, 0) is 36.4 Å². The molecule has 5 aromatic rings. The van der Waals surface area contributed by atoms with Crippen LogP contribution in [0.15, 0.2) is 95.5 Å². The first-order chi connectivity index (χ1) is 14.3. The normalized spacial score (nSPS) is 10.9. The molecular formula is C23H15ClN4O. The molecule has 0 amide bonds. The van der Waals surface area contributed by atoms with Gasteiger partial charge in [-0.15, -0.1) is 10.2 Å². The molecule has 0 unspecified atom stereocenters. The second-order valence-corrected chi connectivity index (χ2v) is 6.89. The SMILES string of the molecule is Clc1ccc(-c2nnc(-c3cn(-c4ccccc4)nc3-c3ccccc3)o2)cc1. The molecule has 140 valence electrons. The van der Waals surface area contributed by atoms with E-state index in [1.54, 1.807) is 12.1 Å². The first-order valence-corrected chi connectivity index (χ1v) is 9.46. The van der Waals surface area contributed by atoms with Crippen molar-refractivity contribution in [2.45, 2.75) is 0 Å². The molecule has 0 aliphatic carbocycles. The van der Waals surface area contributed by atoms with E-state index in [0.717, 1.165) is 28.1 Å². The van der Waals surface area contributed by atoms with E-state index < -0.39 is 0 Å². The lowest BCUT2D eigenvalue weighted by Crippen LogP contribution is -1.93. The molecule has 3 aromatic carbocycles. The maximum atomic E-state index is 5.99. The predicted molar refractivity (Wildman–Crippen MR) is 113 cm³/mol. The number of hydrogen-bond donors (Lipinski definition) is 0. The minimum Gasteiger partial charge on any atom is -0.416 e. The van der Waals surface area contributed by atoms with Crippen molar-refractivity contribution in [3.63, 3.8) is 0 Å². The van der Waals surface area contributed by atoms with Crippen LogP contribution in [0.25, 0.3) is 39.9 Å². The highest BCUT2D eigenvalue weighted by atomic mass is 35.5. The average Bonchev–Trinajstić information content (AvgIpc) is 3.43. The molecule has 0 N–H and O–H groups in total. The fourth-order valence-electron chi connectivity index (χ4n) is 3.09. The maximum Gasteiger partial charge on any atom is 0.251 e. The molecule has 2 aromatic heterocycles. The van der Waals surface area contributed by atoms with Crippen LogP contribution in [0.4, 0.5) is 0 Å². The quantitative estimate of drug-likeness (QED) is 0.377. The Kier molecular flexibility index (Phi) is 4.42. The zero-order chi connectivity index (χ0) is 19.6. The second kappa shape index (κ2) is 7.37. The summed E-state index contributed by atoms with van der Waals surface area (Å²) < 4.78 is 7.81. The van der Waals surface area contributed by atoms with Crippen molar-refractivity contribution in [3.8, 4) is 39.9 Å². The van der Waals surface area contributed by atoms with Crippen molar-refractivity contribution in [1.82, 2.24) is 20.0 Å². The molecule has 0 fully saturated rings. The highest BCUT2D eigenvalue weighted by Gasteiger charge is 2.19. The molecule has 6 heteroatoms. The Labute approximate surface area is 172 Å². The lowest BCUT2D eigenvalue weighted by Gasteiger charge is -2.00. The third-order valence-corrected chi connectivity index (χ3v) is 4.78. The minimum atomic E-state index is 0.413. The molecule has 29 heavy (non-hydrogen) atoms. The Morgan fingerprint density at radius 1 is 0.690 bits per heavy atom. The van der Waals surface area contributed by atoms with Crippen LogP contribution in [0.5, 0.6) is 0 Å². The maximum absolute atomic E-state index is 5.99. The van der Waals surface area contributed by atoms with Crippen LogP contribution in [-0.4, -0.2) is 20.0 Å². The Morgan fingerprint density at radius 2 is 1.34 bits per heavy atom. The van der Waals surface area contributed by atoms with Crippen molar-refractivity contribution in [2.75, 3.05) is 0 Å². The van der Waals surface area contributed by atoms with Crippen LogP contribution in [0.3, 0.4) is 0 Å². The van der Waals surface area contributed by atoms with E-state index in [-0.39, 0.29) is 0 Å². The van der Waals surface area contributed by atoms with Crippen molar-refractivity contribution in [1.29, 1.82) is 0 Å². The fourth-order valence-corrected chi connectivity index (χ4v) is 3.22. The Hall–Kier alpha value is -3.70. The van der Waals surface area contributed by atoms with Gasteiger partial charge in [0.25, 0.3) is 5.89 Å². The monoisotopic (exact) mass is 398 g/mol. The van der Waals surface area contributed by atoms with Gasteiger partial charge in [0.2, 0.25) is 5.89 Å². The van der Waals surface area contributed by atoms with E-state index in [1.165, 1.54) is 0 Å². The van der Waals surface area contributed by atoms with Crippen LogP contribution in [0, 0.1) is 0 Å². The molecule has 5 rings (SSSR count). The van der Waals surface area contributed by atoms with Gasteiger partial charge in [-0.3, -0.25) is 0 Å². The van der Waals surface area contributed by atoms with Crippen molar-refractivity contribution in [3.05, 3.63) is 96.1 Å². The van der Waals surface area contributed by atoms with Crippen molar-refractivity contribution < 1.29 is 4.42 Å². The second-order valence-electron chi connectivity index (χ2n) is 6.46. The third kappa shape index (κ3) is 3.44. The van der Waals surface area contributed by atoms with Gasteiger partial charge in [0.1, 0.15) is 5.69 Å². The topological polar surface area (TPSA) is 56.7 Å². The summed E-state index contributed by atoms with van der Waals surface area (Å²) >= 11 is 5.97. The molecule has 0 radical (unpaired) electrons. The van der Waals surface area contributed by atoms with Crippen LogP contribution in [0.1, 0.15) is 0 Å². The molecule has 0 atom stereocenters. The van der Waals surface area contributed by atoms with E-state index in [2.05, 4.69) is 10.2 Å². The summed E-state index contributed by atoms with van der Waals surface area (Å²) in [4.78, 5) is 0. The summed E-state index contributed by atoms with van der Waals surface area (Å²) in [5, 5.41) is 13.9. The standard InChI is InChI=1S/C23H15ClN4O/c24-18-13-11-17(12-14-18)22-25-26-23(29-22)20-15-28(19-9-5-2-6-10-19)27-21(20)16-7-3-1-4-8-16/h1-15H. The lowest BCUT2D eigenvalue weighted by atomic mass is 10.1. The van der Waals surface area contributed by atoms with Crippen LogP contribution in [-0.2, 0) is 0 Å².